The van der Waals surface area contributed by atoms with Gasteiger partial charge in [-0.2, -0.15) is 18.2 Å². The van der Waals surface area contributed by atoms with E-state index in [1.54, 1.807) is 17.8 Å². The average Bonchev–Trinajstić information content (AvgIpc) is 3.80. The van der Waals surface area contributed by atoms with Gasteiger partial charge < -0.3 is 24.6 Å². The summed E-state index contributed by atoms with van der Waals surface area (Å²) in [4.78, 5) is 54.1. The van der Waals surface area contributed by atoms with Gasteiger partial charge in [-0.1, -0.05) is 30.3 Å². The van der Waals surface area contributed by atoms with E-state index in [1.807, 2.05) is 18.2 Å². The number of amides is 2. The van der Waals surface area contributed by atoms with Crippen LogP contribution in [0.2, 0.25) is 0 Å². The smallest absolute Gasteiger partial charge is 0.390 e. The molecule has 2 amide bonds. The molecule has 15 nitrogen and oxygen atoms in total. The molecule has 6 heterocycles. The van der Waals surface area contributed by atoms with Crippen molar-refractivity contribution in [3.05, 3.63) is 76.5 Å². The molecule has 3 aromatic heterocycles. The van der Waals surface area contributed by atoms with E-state index in [4.69, 9.17) is 9.72 Å². The van der Waals surface area contributed by atoms with E-state index in [0.717, 1.165) is 106 Å². The number of halogens is 3. The molecular weight excluding hydrogens is 854 g/mol. The zero-order valence-corrected chi connectivity index (χ0v) is 37.6. The van der Waals surface area contributed by atoms with Gasteiger partial charge in [-0.05, 0) is 93.3 Å². The first kappa shape index (κ1) is 46.0. The quantitative estimate of drug-likeness (QED) is 0.0913. The van der Waals surface area contributed by atoms with Gasteiger partial charge in [0.05, 0.1) is 36.8 Å². The number of aliphatic hydroxyl groups excluding tert-OH is 1. The van der Waals surface area contributed by atoms with Crippen LogP contribution >= 0.6 is 0 Å². The average molecular weight is 915 g/mol. The number of likely N-dealkylation sites (tertiary alicyclic amines) is 1. The third kappa shape index (κ3) is 10.5. The Morgan fingerprint density at radius 3 is 2.32 bits per heavy atom. The summed E-state index contributed by atoms with van der Waals surface area (Å²) in [6, 6.07) is 14.5. The zero-order valence-electron chi connectivity index (χ0n) is 37.6. The minimum Gasteiger partial charge on any atom is -0.393 e. The largest absolute Gasteiger partial charge is 0.393 e. The molecule has 3 aliphatic heterocycles. The topological polar surface area (TPSA) is 155 Å². The predicted octanol–water partition coefficient (Wildman–Crippen LogP) is 5.41. The third-order valence-corrected chi connectivity index (χ3v) is 14.2. The fourth-order valence-corrected chi connectivity index (χ4v) is 10.4. The van der Waals surface area contributed by atoms with Crippen LogP contribution in [0.5, 0.6) is 0 Å². The molecule has 354 valence electrons. The Balaban J connectivity index is 0.709. The second kappa shape index (κ2) is 20.0. The highest BCUT2D eigenvalue weighted by atomic mass is 19.4. The Hall–Kier alpha value is -5.14. The molecule has 0 bridgehead atoms. The number of imide groups is 1. The van der Waals surface area contributed by atoms with E-state index >= 15 is 0 Å². The molecule has 1 aliphatic carbocycles. The number of aryl methyl sites for hydroxylation is 1. The summed E-state index contributed by atoms with van der Waals surface area (Å²) >= 11 is 0. The second-order valence-corrected chi connectivity index (χ2v) is 18.6. The van der Waals surface area contributed by atoms with E-state index in [1.165, 1.54) is 10.1 Å². The molecule has 9 rings (SSSR count). The van der Waals surface area contributed by atoms with E-state index in [2.05, 4.69) is 65.3 Å². The Morgan fingerprint density at radius 1 is 0.848 bits per heavy atom. The predicted molar refractivity (Wildman–Crippen MR) is 245 cm³/mol. The van der Waals surface area contributed by atoms with Crippen LogP contribution < -0.4 is 16.3 Å². The molecule has 18 heteroatoms. The summed E-state index contributed by atoms with van der Waals surface area (Å²) < 4.78 is 49.7. The first-order chi connectivity index (χ1) is 31.9. The van der Waals surface area contributed by atoms with Crippen molar-refractivity contribution in [1.82, 2.24) is 43.7 Å². The highest BCUT2D eigenvalue weighted by Crippen LogP contribution is 2.37. The summed E-state index contributed by atoms with van der Waals surface area (Å²) in [6.07, 6.45) is 4.81. The fraction of sp³-hybridized carbons (Fsp3) is 0.562. The minimum atomic E-state index is -4.26. The fourth-order valence-electron chi connectivity index (χ4n) is 10.4. The maximum atomic E-state index is 13.1. The van der Waals surface area contributed by atoms with Gasteiger partial charge in [-0.3, -0.25) is 33.8 Å². The SMILES string of the molecule is Cn1c(=O)n([C@H]2CCC(=O)NC2=O)c2ccc(CCOCCN3CCC(N4CCN(Cc5ccc(-c6cn(C7CCC(O)CC7)c7nc(NCCC(F)(F)F)ncc67)cc5)CC4)CC3)cc21. The summed E-state index contributed by atoms with van der Waals surface area (Å²) in [6.45, 7) is 8.98. The standard InChI is InChI=1S/C48H61F3N10O5/c1-56-42-28-32(4-11-40(42)61(47(56)65)41-12-13-43(63)54-45(41)64)16-26-66-27-25-57-19-14-35(15-20-57)59-23-21-58(22-24-59)30-33-2-5-34(6-3-33)39-31-60(36-7-9-37(62)10-8-36)44-38(39)29-53-46(55-44)52-18-17-48(49,50)51/h2-6,11,28-29,31,35-37,41,62H,7-10,12-27,30H2,1H3,(H,52,53,55)(H,54,63,64)/t36?,37?,41-/m0/s1. The van der Waals surface area contributed by atoms with E-state index in [0.29, 0.717) is 56.1 Å². The van der Waals surface area contributed by atoms with Crippen molar-refractivity contribution in [1.29, 1.82) is 0 Å². The summed E-state index contributed by atoms with van der Waals surface area (Å²) in [5.74, 6) is -0.563. The number of carbonyl (C=O) groups is 2. The van der Waals surface area contributed by atoms with Gasteiger partial charge in [0, 0.05) is 94.7 Å². The number of ether oxygens (including phenoxy) is 1. The Morgan fingerprint density at radius 2 is 1.59 bits per heavy atom. The van der Waals surface area contributed by atoms with E-state index in [-0.39, 0.29) is 42.7 Å². The van der Waals surface area contributed by atoms with Crippen LogP contribution in [-0.2, 0) is 34.3 Å². The van der Waals surface area contributed by atoms with Gasteiger partial charge in [0.25, 0.3) is 0 Å². The number of fused-ring (bicyclic) bond motifs is 2. The van der Waals surface area contributed by atoms with Crippen molar-refractivity contribution < 1.29 is 32.6 Å². The number of piperidine rings is 2. The van der Waals surface area contributed by atoms with Gasteiger partial charge in [0.2, 0.25) is 17.8 Å². The second-order valence-electron chi connectivity index (χ2n) is 18.6. The van der Waals surface area contributed by atoms with Crippen molar-refractivity contribution in [2.75, 3.05) is 70.9 Å². The van der Waals surface area contributed by atoms with E-state index < -0.39 is 24.5 Å². The number of alkyl halides is 3. The summed E-state index contributed by atoms with van der Waals surface area (Å²) in [5.41, 5.74) is 6.19. The summed E-state index contributed by atoms with van der Waals surface area (Å²) in [5, 5.41) is 16.1. The number of aliphatic hydroxyl groups is 1. The van der Waals surface area contributed by atoms with Crippen LogP contribution in [0.3, 0.4) is 0 Å². The van der Waals surface area contributed by atoms with Crippen LogP contribution in [0, 0.1) is 0 Å². The molecule has 3 saturated heterocycles. The first-order valence-corrected chi connectivity index (χ1v) is 23.6. The van der Waals surface area contributed by atoms with Gasteiger partial charge in [0.1, 0.15) is 11.7 Å². The van der Waals surface area contributed by atoms with Crippen LogP contribution in [-0.4, -0.2) is 139 Å². The maximum Gasteiger partial charge on any atom is 0.390 e. The van der Waals surface area contributed by atoms with Gasteiger partial charge >= 0.3 is 11.9 Å². The molecule has 0 spiro atoms. The highest BCUT2D eigenvalue weighted by Gasteiger charge is 2.32. The number of aromatic nitrogens is 5. The number of benzene rings is 2. The number of hydrogen-bond donors (Lipinski definition) is 3. The molecule has 1 saturated carbocycles. The molecule has 1 atom stereocenters. The lowest BCUT2D eigenvalue weighted by molar-refractivity contribution is -0.136. The van der Waals surface area contributed by atoms with Gasteiger partial charge in [-0.15, -0.1) is 0 Å². The molecule has 3 N–H and O–H groups in total. The van der Waals surface area contributed by atoms with Crippen molar-refractivity contribution in [3.63, 3.8) is 0 Å². The Kier molecular flexibility index (Phi) is 13.9. The monoisotopic (exact) mass is 914 g/mol. The number of nitrogens with one attached hydrogen (secondary N) is 2. The number of imidazole rings is 1. The molecular formula is C48H61F3N10O5. The van der Waals surface area contributed by atoms with Crippen molar-refractivity contribution >= 4 is 39.8 Å². The van der Waals surface area contributed by atoms with Crippen LogP contribution in [0.4, 0.5) is 19.1 Å². The maximum absolute atomic E-state index is 13.1. The molecule has 0 unspecified atom stereocenters. The van der Waals surface area contributed by atoms with Crippen molar-refractivity contribution in [2.24, 2.45) is 7.05 Å². The Bertz CT molecular complexity index is 2550. The third-order valence-electron chi connectivity index (χ3n) is 14.2. The number of hydrogen-bond acceptors (Lipinski definition) is 11. The van der Waals surface area contributed by atoms with Crippen LogP contribution in [0.25, 0.3) is 33.2 Å². The normalized spacial score (nSPS) is 22.1. The van der Waals surface area contributed by atoms with Crippen LogP contribution in [0.15, 0.2) is 59.7 Å². The van der Waals surface area contributed by atoms with Crippen molar-refractivity contribution in [2.45, 2.75) is 101 Å². The Labute approximate surface area is 381 Å². The number of nitrogens with zero attached hydrogens (tertiary/aromatic N) is 8. The molecule has 4 aliphatic rings. The van der Waals surface area contributed by atoms with Gasteiger partial charge in [0.15, 0.2) is 0 Å². The number of carbonyl (C=O) groups excluding carboxylic acids is 2. The molecule has 4 fully saturated rings. The first-order valence-electron chi connectivity index (χ1n) is 23.6. The highest BCUT2D eigenvalue weighted by molar-refractivity contribution is 6.00. The lowest BCUT2D eigenvalue weighted by atomic mass is 9.93. The number of anilines is 1. The van der Waals surface area contributed by atoms with Crippen molar-refractivity contribution in [3.8, 4) is 11.1 Å². The lowest BCUT2D eigenvalue weighted by Gasteiger charge is -2.42. The molecule has 0 radical (unpaired) electrons. The van der Waals surface area contributed by atoms with Gasteiger partial charge in [-0.25, -0.2) is 9.78 Å². The van der Waals surface area contributed by atoms with Crippen LogP contribution in [0.1, 0.15) is 81.0 Å². The summed E-state index contributed by atoms with van der Waals surface area (Å²) in [7, 11) is 1.71. The van der Waals surface area contributed by atoms with E-state index in [9.17, 15) is 32.7 Å². The number of rotatable bonds is 15. The lowest BCUT2D eigenvalue weighted by Crippen LogP contribution is -2.53. The number of piperazine rings is 1. The molecule has 66 heavy (non-hydrogen) atoms. The molecule has 5 aromatic rings. The zero-order chi connectivity index (χ0) is 46.0. The minimum absolute atomic E-state index is 0.136. The molecule has 2 aromatic carbocycles.